The highest BCUT2D eigenvalue weighted by molar-refractivity contribution is 7.99. The molecule has 0 unspecified atom stereocenters. The predicted molar refractivity (Wildman–Crippen MR) is 97.9 cm³/mol. The lowest BCUT2D eigenvalue weighted by Crippen LogP contribution is -1.93. The first-order chi connectivity index (χ1) is 12.6. The molecule has 0 aliphatic heterocycles. The molecular formula is C17H14F2N4OS2. The van der Waals surface area contributed by atoms with E-state index >= 15 is 0 Å². The fraction of sp³-hybridized carbons (Fsp3) is 0.235. The summed E-state index contributed by atoms with van der Waals surface area (Å²) in [4.78, 5) is 5.09. The second-order valence-electron chi connectivity index (χ2n) is 5.72. The fourth-order valence-corrected chi connectivity index (χ4v) is 4.31. The third-order valence-corrected chi connectivity index (χ3v) is 5.94. The second kappa shape index (κ2) is 7.16. The van der Waals surface area contributed by atoms with Crippen LogP contribution in [0.25, 0.3) is 16.3 Å². The molecular weight excluding hydrogens is 378 g/mol. The monoisotopic (exact) mass is 392 g/mol. The van der Waals surface area contributed by atoms with Crippen molar-refractivity contribution in [3.05, 3.63) is 47.3 Å². The number of aromatic hydroxyl groups is 1. The third kappa shape index (κ3) is 3.36. The Morgan fingerprint density at radius 2 is 2.23 bits per heavy atom. The van der Waals surface area contributed by atoms with Gasteiger partial charge < -0.3 is 5.11 Å². The number of alkyl halides is 2. The molecule has 4 rings (SSSR count). The maximum absolute atomic E-state index is 12.8. The summed E-state index contributed by atoms with van der Waals surface area (Å²) >= 11 is 2.41. The van der Waals surface area contributed by atoms with Crippen molar-refractivity contribution in [1.82, 2.24) is 19.6 Å². The second-order valence-corrected chi connectivity index (χ2v) is 7.78. The molecule has 3 aromatic rings. The van der Waals surface area contributed by atoms with E-state index in [-0.39, 0.29) is 10.8 Å². The standard InChI is InChI=1S/C17H14F2N4OS2/c18-14(19)16-21-22-17(26-16)15-20-7-12-13(24)6-11(8-23(12)15)25-9-10-4-2-1-3-5-10/h1-2,4,6-8,14,24H,3,5,9H2. The van der Waals surface area contributed by atoms with Crippen LogP contribution in [0.2, 0.25) is 0 Å². The van der Waals surface area contributed by atoms with Gasteiger partial charge >= 0.3 is 0 Å². The number of rotatable bonds is 5. The average molecular weight is 392 g/mol. The topological polar surface area (TPSA) is 63.3 Å². The quantitative estimate of drug-likeness (QED) is 0.628. The van der Waals surface area contributed by atoms with Gasteiger partial charge in [-0.1, -0.05) is 35.1 Å². The lowest BCUT2D eigenvalue weighted by Gasteiger charge is -2.10. The van der Waals surface area contributed by atoms with Gasteiger partial charge in [-0.3, -0.25) is 4.40 Å². The average Bonchev–Trinajstić information content (AvgIpc) is 3.28. The van der Waals surface area contributed by atoms with Gasteiger partial charge in [0.15, 0.2) is 15.8 Å². The third-order valence-electron chi connectivity index (χ3n) is 3.94. The van der Waals surface area contributed by atoms with E-state index in [0.29, 0.717) is 16.3 Å². The zero-order chi connectivity index (χ0) is 18.1. The molecule has 3 aromatic heterocycles. The first-order valence-corrected chi connectivity index (χ1v) is 9.71. The van der Waals surface area contributed by atoms with E-state index in [1.54, 1.807) is 22.2 Å². The van der Waals surface area contributed by atoms with Crippen LogP contribution in [0.3, 0.4) is 0 Å². The van der Waals surface area contributed by atoms with Crippen molar-refractivity contribution in [2.45, 2.75) is 24.2 Å². The molecule has 0 fully saturated rings. The summed E-state index contributed by atoms with van der Waals surface area (Å²) in [6, 6.07) is 1.69. The smallest absolute Gasteiger partial charge is 0.291 e. The Kier molecular flexibility index (Phi) is 4.73. The summed E-state index contributed by atoms with van der Waals surface area (Å²) in [5.41, 5.74) is 1.84. The fourth-order valence-electron chi connectivity index (χ4n) is 2.65. The molecule has 0 spiro atoms. The van der Waals surface area contributed by atoms with Gasteiger partial charge in [-0.15, -0.1) is 22.0 Å². The van der Waals surface area contributed by atoms with Crippen molar-refractivity contribution < 1.29 is 13.9 Å². The Labute approximate surface area is 156 Å². The van der Waals surface area contributed by atoms with Gasteiger partial charge in [-0.2, -0.15) is 0 Å². The molecule has 1 N–H and O–H groups in total. The van der Waals surface area contributed by atoms with Crippen molar-refractivity contribution in [3.8, 4) is 16.6 Å². The molecule has 0 aromatic carbocycles. The molecule has 0 bridgehead atoms. The summed E-state index contributed by atoms with van der Waals surface area (Å²) in [5, 5.41) is 17.6. The minimum absolute atomic E-state index is 0.0878. The Balaban J connectivity index is 1.66. The molecule has 0 saturated heterocycles. The molecule has 134 valence electrons. The van der Waals surface area contributed by atoms with E-state index in [1.807, 2.05) is 6.20 Å². The van der Waals surface area contributed by atoms with Crippen molar-refractivity contribution in [2.24, 2.45) is 0 Å². The number of thioether (sulfide) groups is 1. The van der Waals surface area contributed by atoms with Gasteiger partial charge in [0.05, 0.1) is 6.20 Å². The molecule has 0 saturated carbocycles. The number of imidazole rings is 1. The number of allylic oxidation sites excluding steroid dienone is 3. The highest BCUT2D eigenvalue weighted by Gasteiger charge is 2.19. The number of pyridine rings is 1. The molecule has 0 atom stereocenters. The number of nitrogens with zero attached hydrogens (tertiary/aromatic N) is 4. The van der Waals surface area contributed by atoms with Crippen molar-refractivity contribution >= 4 is 28.6 Å². The van der Waals surface area contributed by atoms with Crippen LogP contribution >= 0.6 is 23.1 Å². The molecule has 0 radical (unpaired) electrons. The van der Waals surface area contributed by atoms with Gasteiger partial charge in [-0.25, -0.2) is 13.8 Å². The summed E-state index contributed by atoms with van der Waals surface area (Å²) < 4.78 is 27.2. The van der Waals surface area contributed by atoms with Crippen LogP contribution in [0.4, 0.5) is 8.78 Å². The van der Waals surface area contributed by atoms with Crippen LogP contribution in [0.5, 0.6) is 5.75 Å². The van der Waals surface area contributed by atoms with Crippen molar-refractivity contribution in [3.63, 3.8) is 0 Å². The molecule has 9 heteroatoms. The van der Waals surface area contributed by atoms with Crippen LogP contribution < -0.4 is 0 Å². The highest BCUT2D eigenvalue weighted by Crippen LogP contribution is 2.33. The van der Waals surface area contributed by atoms with Gasteiger partial charge in [0.1, 0.15) is 11.3 Å². The van der Waals surface area contributed by atoms with Crippen molar-refractivity contribution in [1.29, 1.82) is 0 Å². The van der Waals surface area contributed by atoms with E-state index in [9.17, 15) is 13.9 Å². The minimum atomic E-state index is -2.66. The van der Waals surface area contributed by atoms with Gasteiger partial charge in [-0.05, 0) is 18.9 Å². The minimum Gasteiger partial charge on any atom is -0.506 e. The van der Waals surface area contributed by atoms with Gasteiger partial charge in [0, 0.05) is 16.8 Å². The van der Waals surface area contributed by atoms with Crippen molar-refractivity contribution in [2.75, 3.05) is 5.75 Å². The van der Waals surface area contributed by atoms with Gasteiger partial charge in [0.2, 0.25) is 0 Å². The predicted octanol–water partition coefficient (Wildman–Crippen LogP) is 4.86. The normalized spacial score (nSPS) is 14.3. The van der Waals surface area contributed by atoms with Gasteiger partial charge in [0.25, 0.3) is 6.43 Å². The van der Waals surface area contributed by atoms with Crippen LogP contribution in [-0.2, 0) is 0 Å². The lowest BCUT2D eigenvalue weighted by atomic mass is 10.1. The molecule has 3 heterocycles. The molecule has 1 aliphatic rings. The maximum atomic E-state index is 12.8. The summed E-state index contributed by atoms with van der Waals surface area (Å²) in [6.07, 6.45) is 9.07. The molecule has 26 heavy (non-hydrogen) atoms. The van der Waals surface area contributed by atoms with E-state index in [4.69, 9.17) is 0 Å². The SMILES string of the molecule is Oc1cc(SCC2=CC=CCC2)cn2c(-c3nnc(C(F)F)s3)ncc12. The molecule has 5 nitrogen and oxygen atoms in total. The maximum Gasteiger partial charge on any atom is 0.291 e. The number of fused-ring (bicyclic) bond motifs is 1. The van der Waals surface area contributed by atoms with E-state index in [0.717, 1.165) is 34.8 Å². The Morgan fingerprint density at radius 3 is 2.96 bits per heavy atom. The van der Waals surface area contributed by atoms with Crippen LogP contribution in [0.1, 0.15) is 24.3 Å². The van der Waals surface area contributed by atoms with Crippen LogP contribution in [-0.4, -0.2) is 30.4 Å². The van der Waals surface area contributed by atoms with Crippen LogP contribution in [0, 0.1) is 0 Å². The van der Waals surface area contributed by atoms with E-state index in [2.05, 4.69) is 33.4 Å². The van der Waals surface area contributed by atoms with E-state index < -0.39 is 6.43 Å². The van der Waals surface area contributed by atoms with Crippen LogP contribution in [0.15, 0.2) is 47.2 Å². The zero-order valence-electron chi connectivity index (χ0n) is 13.5. The summed E-state index contributed by atoms with van der Waals surface area (Å²) in [7, 11) is 0. The number of hydrogen-bond donors (Lipinski definition) is 1. The largest absolute Gasteiger partial charge is 0.506 e. The number of hydrogen-bond acceptors (Lipinski definition) is 6. The first kappa shape index (κ1) is 17.2. The summed E-state index contributed by atoms with van der Waals surface area (Å²) in [5.74, 6) is 1.31. The molecule has 1 aliphatic carbocycles. The van der Waals surface area contributed by atoms with E-state index in [1.165, 1.54) is 11.8 Å². The summed E-state index contributed by atoms with van der Waals surface area (Å²) in [6.45, 7) is 0. The Bertz CT molecular complexity index is 1010. The number of halogens is 2. The zero-order valence-corrected chi connectivity index (χ0v) is 15.1. The lowest BCUT2D eigenvalue weighted by molar-refractivity contribution is 0.150. The highest BCUT2D eigenvalue weighted by atomic mass is 32.2. The first-order valence-electron chi connectivity index (χ1n) is 7.91. The Hall–Kier alpha value is -2.26. The Morgan fingerprint density at radius 1 is 1.35 bits per heavy atom. The number of aromatic nitrogens is 4. The molecule has 0 amide bonds.